The van der Waals surface area contributed by atoms with Crippen LogP contribution >= 0.6 is 0 Å². The summed E-state index contributed by atoms with van der Waals surface area (Å²) < 4.78 is 4.78. The van der Waals surface area contributed by atoms with E-state index in [1.807, 2.05) is 0 Å². The molecule has 0 unspecified atom stereocenters. The Morgan fingerprint density at radius 2 is 2.38 bits per heavy atom. The average Bonchev–Trinajstić information content (AvgIpc) is 2.43. The second-order valence-electron chi connectivity index (χ2n) is 3.52. The van der Waals surface area contributed by atoms with Gasteiger partial charge in [-0.2, -0.15) is 0 Å². The third-order valence-corrected chi connectivity index (χ3v) is 2.45. The Balaban J connectivity index is 2.70. The summed E-state index contributed by atoms with van der Waals surface area (Å²) in [6.45, 7) is 2.27. The van der Waals surface area contributed by atoms with Gasteiger partial charge in [0, 0.05) is 6.54 Å². The monoisotopic (exact) mass is 228 g/mol. The molecule has 1 N–H and O–H groups in total. The van der Waals surface area contributed by atoms with Gasteiger partial charge < -0.3 is 10.1 Å². The maximum absolute atomic E-state index is 11.9. The van der Waals surface area contributed by atoms with E-state index in [1.54, 1.807) is 6.92 Å². The molecule has 0 spiro atoms. The van der Waals surface area contributed by atoms with E-state index in [4.69, 9.17) is 4.74 Å². The number of nitrogens with one attached hydrogen (secondary N) is 1. The van der Waals surface area contributed by atoms with Gasteiger partial charge in [-0.05, 0) is 26.2 Å². The maximum atomic E-state index is 11.9. The van der Waals surface area contributed by atoms with E-state index in [-0.39, 0.29) is 12.5 Å². The van der Waals surface area contributed by atoms with Crippen LogP contribution in [0.3, 0.4) is 0 Å². The number of ether oxygens (including phenoxy) is 1. The highest BCUT2D eigenvalue weighted by Crippen LogP contribution is 2.12. The summed E-state index contributed by atoms with van der Waals surface area (Å²) in [6.07, 6.45) is 1.95. The molecule has 1 heterocycles. The van der Waals surface area contributed by atoms with Gasteiger partial charge in [0.25, 0.3) is 5.91 Å². The Hall–Kier alpha value is -1.59. The van der Waals surface area contributed by atoms with Gasteiger partial charge in [-0.3, -0.25) is 9.59 Å². The average molecular weight is 228 g/mol. The molecule has 1 rings (SSSR count). The number of carbonyl (C=O) groups is 3. The van der Waals surface area contributed by atoms with Crippen LogP contribution in [-0.2, 0) is 14.3 Å². The van der Waals surface area contributed by atoms with Crippen LogP contribution in [0.1, 0.15) is 26.2 Å². The van der Waals surface area contributed by atoms with Crippen LogP contribution in [0.5, 0.6) is 0 Å². The van der Waals surface area contributed by atoms with Gasteiger partial charge in [0.1, 0.15) is 6.04 Å². The number of rotatable bonds is 3. The zero-order valence-corrected chi connectivity index (χ0v) is 9.27. The van der Waals surface area contributed by atoms with Crippen molar-refractivity contribution in [3.63, 3.8) is 0 Å². The minimum Gasteiger partial charge on any atom is -0.449 e. The van der Waals surface area contributed by atoms with Gasteiger partial charge in [0.15, 0.2) is 0 Å². The molecule has 0 aliphatic carbocycles. The van der Waals surface area contributed by atoms with Crippen LogP contribution in [0.15, 0.2) is 0 Å². The number of carbonyl (C=O) groups excluding carboxylic acids is 3. The fraction of sp³-hybridized carbons (Fsp3) is 0.700. The number of imide groups is 1. The summed E-state index contributed by atoms with van der Waals surface area (Å²) in [5.74, 6) is -0.386. The minimum atomic E-state index is -0.632. The molecule has 16 heavy (non-hydrogen) atoms. The van der Waals surface area contributed by atoms with E-state index < -0.39 is 12.1 Å². The normalized spacial score (nSPS) is 21.2. The summed E-state index contributed by atoms with van der Waals surface area (Å²) in [6, 6.07) is -0.607. The standard InChI is InChI=1S/C10H16N2O4/c1-2-16-10(15)12-6-4-3-5-8(9(12)14)11-7-13/h7-8H,2-6H2,1H3,(H,11,13)/t8-/m0/s1. The maximum Gasteiger partial charge on any atom is 0.416 e. The molecule has 6 heteroatoms. The number of hydrogen-bond acceptors (Lipinski definition) is 4. The molecule has 1 aliphatic heterocycles. The molecular weight excluding hydrogens is 212 g/mol. The van der Waals surface area contributed by atoms with E-state index in [2.05, 4.69) is 5.32 Å². The van der Waals surface area contributed by atoms with Gasteiger partial charge in [-0.15, -0.1) is 0 Å². The third-order valence-electron chi connectivity index (χ3n) is 2.45. The molecule has 0 radical (unpaired) electrons. The van der Waals surface area contributed by atoms with Gasteiger partial charge in [-0.25, -0.2) is 9.69 Å². The minimum absolute atomic E-state index is 0.231. The molecule has 1 fully saturated rings. The Morgan fingerprint density at radius 3 is 3.00 bits per heavy atom. The van der Waals surface area contributed by atoms with Gasteiger partial charge in [0.2, 0.25) is 6.41 Å². The molecule has 1 atom stereocenters. The van der Waals surface area contributed by atoms with Crippen LogP contribution in [0.2, 0.25) is 0 Å². The predicted octanol–water partition coefficient (Wildman–Crippen LogP) is 0.270. The van der Waals surface area contributed by atoms with Crippen molar-refractivity contribution in [3.8, 4) is 0 Å². The van der Waals surface area contributed by atoms with E-state index in [0.29, 0.717) is 19.4 Å². The number of amides is 3. The summed E-state index contributed by atoms with van der Waals surface area (Å²) >= 11 is 0. The lowest BCUT2D eigenvalue weighted by Gasteiger charge is -2.21. The smallest absolute Gasteiger partial charge is 0.416 e. The number of hydrogen-bond donors (Lipinski definition) is 1. The quantitative estimate of drug-likeness (QED) is 0.703. The molecule has 0 aromatic heterocycles. The fourth-order valence-electron chi connectivity index (χ4n) is 1.66. The lowest BCUT2D eigenvalue weighted by atomic mass is 10.1. The summed E-state index contributed by atoms with van der Waals surface area (Å²) in [5.41, 5.74) is 0. The van der Waals surface area contributed by atoms with Crippen LogP contribution in [0.25, 0.3) is 0 Å². The van der Waals surface area contributed by atoms with Gasteiger partial charge in [0.05, 0.1) is 6.61 Å². The van der Waals surface area contributed by atoms with Crippen LogP contribution < -0.4 is 5.32 Å². The molecule has 90 valence electrons. The predicted molar refractivity (Wildman–Crippen MR) is 55.6 cm³/mol. The Bertz CT molecular complexity index is 280. The molecule has 0 saturated carbocycles. The molecule has 3 amide bonds. The Kier molecular flexibility index (Phi) is 4.75. The van der Waals surface area contributed by atoms with Crippen molar-refractivity contribution in [2.45, 2.75) is 32.2 Å². The summed E-state index contributed by atoms with van der Waals surface area (Å²) in [7, 11) is 0. The van der Waals surface area contributed by atoms with Gasteiger partial charge >= 0.3 is 6.09 Å². The van der Waals surface area contributed by atoms with E-state index in [9.17, 15) is 14.4 Å². The van der Waals surface area contributed by atoms with Crippen LogP contribution in [0.4, 0.5) is 4.79 Å². The second-order valence-corrected chi connectivity index (χ2v) is 3.52. The molecule has 0 aromatic rings. The van der Waals surface area contributed by atoms with Crippen molar-refractivity contribution in [1.82, 2.24) is 10.2 Å². The first-order chi connectivity index (χ1) is 7.70. The topological polar surface area (TPSA) is 75.7 Å². The van der Waals surface area contributed by atoms with E-state index in [0.717, 1.165) is 17.7 Å². The highest BCUT2D eigenvalue weighted by molar-refractivity contribution is 5.95. The van der Waals surface area contributed by atoms with Crippen molar-refractivity contribution in [1.29, 1.82) is 0 Å². The zero-order valence-electron chi connectivity index (χ0n) is 9.27. The number of likely N-dealkylation sites (tertiary alicyclic amines) is 1. The SMILES string of the molecule is CCOC(=O)N1CCCC[C@H](NC=O)C1=O. The first-order valence-corrected chi connectivity index (χ1v) is 5.38. The molecular formula is C10H16N2O4. The fourth-order valence-corrected chi connectivity index (χ4v) is 1.66. The van der Waals surface area contributed by atoms with Crippen molar-refractivity contribution < 1.29 is 19.1 Å². The summed E-state index contributed by atoms with van der Waals surface area (Å²) in [5, 5.41) is 2.42. The number of nitrogens with zero attached hydrogens (tertiary/aromatic N) is 1. The summed E-state index contributed by atoms with van der Waals surface area (Å²) in [4.78, 5) is 34.7. The van der Waals surface area contributed by atoms with Crippen LogP contribution in [-0.4, -0.2) is 42.5 Å². The highest BCUT2D eigenvalue weighted by Gasteiger charge is 2.31. The zero-order chi connectivity index (χ0) is 12.0. The second kappa shape index (κ2) is 6.09. The van der Waals surface area contributed by atoms with Gasteiger partial charge in [-0.1, -0.05) is 0 Å². The molecule has 0 bridgehead atoms. The van der Waals surface area contributed by atoms with Crippen molar-refractivity contribution in [2.24, 2.45) is 0 Å². The highest BCUT2D eigenvalue weighted by atomic mass is 16.6. The molecule has 0 aromatic carbocycles. The first kappa shape index (κ1) is 12.5. The largest absolute Gasteiger partial charge is 0.449 e. The van der Waals surface area contributed by atoms with E-state index >= 15 is 0 Å². The third kappa shape index (κ3) is 2.95. The van der Waals surface area contributed by atoms with Crippen molar-refractivity contribution in [2.75, 3.05) is 13.2 Å². The van der Waals surface area contributed by atoms with Crippen molar-refractivity contribution in [3.05, 3.63) is 0 Å². The van der Waals surface area contributed by atoms with Crippen LogP contribution in [0, 0.1) is 0 Å². The molecule has 6 nitrogen and oxygen atoms in total. The van der Waals surface area contributed by atoms with Crippen molar-refractivity contribution >= 4 is 18.4 Å². The molecule has 1 aliphatic rings. The Labute approximate surface area is 93.9 Å². The molecule has 1 saturated heterocycles. The lowest BCUT2D eigenvalue weighted by Crippen LogP contribution is -2.47. The Morgan fingerprint density at radius 1 is 1.62 bits per heavy atom. The van der Waals surface area contributed by atoms with E-state index in [1.165, 1.54) is 0 Å². The first-order valence-electron chi connectivity index (χ1n) is 5.38. The lowest BCUT2D eigenvalue weighted by molar-refractivity contribution is -0.132.